The first kappa shape index (κ1) is 16.8. The molecule has 1 aliphatic rings. The number of hydrogen-bond donors (Lipinski definition) is 1. The average molecular weight is 345 g/mol. The lowest BCUT2D eigenvalue weighted by Crippen LogP contribution is -2.40. The predicted molar refractivity (Wildman–Crippen MR) is 95.2 cm³/mol. The molecular formula is C19H21ClN2O2. The molecule has 0 spiro atoms. The molecule has 24 heavy (non-hydrogen) atoms. The van der Waals surface area contributed by atoms with Gasteiger partial charge in [0.1, 0.15) is 0 Å². The van der Waals surface area contributed by atoms with Crippen LogP contribution in [0.3, 0.4) is 0 Å². The normalized spacial score (nSPS) is 15.2. The number of benzene rings is 1. The molecule has 2 heterocycles. The molecule has 1 N–H and O–H groups in total. The molecular weight excluding hydrogens is 324 g/mol. The van der Waals surface area contributed by atoms with Crippen molar-refractivity contribution in [1.29, 1.82) is 0 Å². The lowest BCUT2D eigenvalue weighted by molar-refractivity contribution is -0.134. The Labute approximate surface area is 146 Å². The Morgan fingerprint density at radius 3 is 2.58 bits per heavy atom. The lowest BCUT2D eigenvalue weighted by atomic mass is 9.86. The molecule has 1 aromatic carbocycles. The third-order valence-corrected chi connectivity index (χ3v) is 4.84. The third kappa shape index (κ3) is 3.39. The van der Waals surface area contributed by atoms with E-state index in [0.717, 1.165) is 23.1 Å². The Bertz CT molecular complexity index is 796. The van der Waals surface area contributed by atoms with Crippen LogP contribution in [-0.4, -0.2) is 22.3 Å². The van der Waals surface area contributed by atoms with Gasteiger partial charge in [-0.05, 0) is 41.2 Å². The van der Waals surface area contributed by atoms with E-state index in [1.54, 1.807) is 12.3 Å². The van der Waals surface area contributed by atoms with Crippen LogP contribution < -0.4 is 5.56 Å². The second-order valence-electron chi connectivity index (χ2n) is 6.63. The minimum Gasteiger partial charge on any atom is -0.337 e. The summed E-state index contributed by atoms with van der Waals surface area (Å²) in [5.41, 5.74) is 2.96. The molecule has 0 radical (unpaired) electrons. The van der Waals surface area contributed by atoms with E-state index in [4.69, 9.17) is 11.6 Å². The molecule has 0 saturated carbocycles. The zero-order chi connectivity index (χ0) is 17.3. The van der Waals surface area contributed by atoms with Crippen molar-refractivity contribution in [2.75, 3.05) is 6.54 Å². The Kier molecular flexibility index (Phi) is 4.76. The summed E-state index contributed by atoms with van der Waals surface area (Å²) in [6.07, 6.45) is 2.44. The highest BCUT2D eigenvalue weighted by molar-refractivity contribution is 6.30. The first-order valence-corrected chi connectivity index (χ1v) is 8.58. The van der Waals surface area contributed by atoms with E-state index in [1.807, 2.05) is 29.2 Å². The number of fused-ring (bicyclic) bond motifs is 1. The molecule has 1 unspecified atom stereocenters. The van der Waals surface area contributed by atoms with Gasteiger partial charge in [-0.2, -0.15) is 0 Å². The minimum absolute atomic E-state index is 0.0882. The monoisotopic (exact) mass is 344 g/mol. The van der Waals surface area contributed by atoms with Crippen molar-refractivity contribution >= 4 is 17.5 Å². The maximum atomic E-state index is 13.1. The van der Waals surface area contributed by atoms with Crippen molar-refractivity contribution < 1.29 is 4.79 Å². The van der Waals surface area contributed by atoms with Crippen LogP contribution in [0, 0.1) is 5.92 Å². The second kappa shape index (κ2) is 6.81. The smallest absolute Gasteiger partial charge is 0.248 e. The number of aromatic nitrogens is 1. The fourth-order valence-electron chi connectivity index (χ4n) is 3.33. The summed E-state index contributed by atoms with van der Waals surface area (Å²) in [6.45, 7) is 5.31. The molecule has 1 atom stereocenters. The van der Waals surface area contributed by atoms with Gasteiger partial charge in [-0.3, -0.25) is 9.59 Å². The van der Waals surface area contributed by atoms with Crippen LogP contribution in [0.1, 0.15) is 36.5 Å². The highest BCUT2D eigenvalue weighted by Gasteiger charge is 2.30. The fraction of sp³-hybridized carbons (Fsp3) is 0.368. The number of amides is 1. The van der Waals surface area contributed by atoms with E-state index in [-0.39, 0.29) is 23.3 Å². The number of pyridine rings is 1. The quantitative estimate of drug-likeness (QED) is 0.928. The van der Waals surface area contributed by atoms with Gasteiger partial charge in [-0.1, -0.05) is 37.6 Å². The molecule has 4 nitrogen and oxygen atoms in total. The van der Waals surface area contributed by atoms with Crippen LogP contribution in [0.5, 0.6) is 0 Å². The maximum Gasteiger partial charge on any atom is 0.248 e. The van der Waals surface area contributed by atoms with Crippen molar-refractivity contribution in [3.63, 3.8) is 0 Å². The minimum atomic E-state index is -0.188. The molecule has 1 amide bonds. The Hall–Kier alpha value is -2.07. The second-order valence-corrected chi connectivity index (χ2v) is 7.07. The molecule has 0 aliphatic carbocycles. The molecule has 0 saturated heterocycles. The molecule has 3 rings (SSSR count). The number of rotatable bonds is 3. The van der Waals surface area contributed by atoms with Gasteiger partial charge in [0, 0.05) is 30.4 Å². The summed E-state index contributed by atoms with van der Waals surface area (Å²) in [6, 6.07) is 9.16. The summed E-state index contributed by atoms with van der Waals surface area (Å²) in [4.78, 5) is 29.1. The highest BCUT2D eigenvalue weighted by Crippen LogP contribution is 2.29. The van der Waals surface area contributed by atoms with E-state index >= 15 is 0 Å². The topological polar surface area (TPSA) is 53.2 Å². The van der Waals surface area contributed by atoms with E-state index in [0.29, 0.717) is 18.1 Å². The molecule has 1 aromatic heterocycles. The first-order valence-electron chi connectivity index (χ1n) is 8.20. The molecule has 1 aliphatic heterocycles. The largest absolute Gasteiger partial charge is 0.337 e. The average Bonchev–Trinajstić information content (AvgIpc) is 2.56. The van der Waals surface area contributed by atoms with E-state index < -0.39 is 0 Å². The van der Waals surface area contributed by atoms with Gasteiger partial charge in [-0.15, -0.1) is 0 Å². The number of carbonyl (C=O) groups is 1. The standard InChI is InChI=1S/C19H21ClN2O2/c1-12(2)18(13-3-5-16(20)6-4-13)19(24)22-8-7-14-9-17(23)21-10-15(14)11-22/h3-6,9-10,12,18H,7-8,11H2,1-2H3,(H,21,23). The van der Waals surface area contributed by atoms with Gasteiger partial charge in [0.15, 0.2) is 0 Å². The lowest BCUT2D eigenvalue weighted by Gasteiger charge is -2.33. The molecule has 2 aromatic rings. The van der Waals surface area contributed by atoms with Crippen molar-refractivity contribution in [2.24, 2.45) is 5.92 Å². The van der Waals surface area contributed by atoms with E-state index in [1.165, 1.54) is 0 Å². The summed E-state index contributed by atoms with van der Waals surface area (Å²) in [5, 5.41) is 0.671. The summed E-state index contributed by atoms with van der Waals surface area (Å²) >= 11 is 5.97. The van der Waals surface area contributed by atoms with Crippen molar-refractivity contribution in [3.8, 4) is 0 Å². The zero-order valence-electron chi connectivity index (χ0n) is 13.9. The SMILES string of the molecule is CC(C)C(C(=O)N1CCc2cc(=O)[nH]cc2C1)c1ccc(Cl)cc1. The van der Waals surface area contributed by atoms with E-state index in [9.17, 15) is 9.59 Å². The fourth-order valence-corrected chi connectivity index (χ4v) is 3.46. The van der Waals surface area contributed by atoms with Crippen LogP contribution in [0.4, 0.5) is 0 Å². The van der Waals surface area contributed by atoms with Gasteiger partial charge < -0.3 is 9.88 Å². The molecule has 0 bridgehead atoms. The molecule has 126 valence electrons. The van der Waals surface area contributed by atoms with Crippen LogP contribution in [0.15, 0.2) is 41.3 Å². The summed E-state index contributed by atoms with van der Waals surface area (Å²) in [5.74, 6) is 0.131. The number of H-pyrrole nitrogens is 1. The van der Waals surface area contributed by atoms with Crippen molar-refractivity contribution in [2.45, 2.75) is 32.7 Å². The molecule has 5 heteroatoms. The van der Waals surface area contributed by atoms with Crippen molar-refractivity contribution in [3.05, 3.63) is 68.6 Å². The van der Waals surface area contributed by atoms with Gasteiger partial charge in [0.25, 0.3) is 0 Å². The van der Waals surface area contributed by atoms with Gasteiger partial charge in [0.2, 0.25) is 11.5 Å². The Morgan fingerprint density at radius 2 is 1.92 bits per heavy atom. The van der Waals surface area contributed by atoms with Crippen LogP contribution in [0.25, 0.3) is 0 Å². The number of halogens is 1. The van der Waals surface area contributed by atoms with E-state index in [2.05, 4.69) is 18.8 Å². The van der Waals surface area contributed by atoms with Crippen molar-refractivity contribution in [1.82, 2.24) is 9.88 Å². The van der Waals surface area contributed by atoms with Crippen LogP contribution in [0.2, 0.25) is 5.02 Å². The van der Waals surface area contributed by atoms with Gasteiger partial charge in [-0.25, -0.2) is 0 Å². The summed E-state index contributed by atoms with van der Waals surface area (Å²) in [7, 11) is 0. The Balaban J connectivity index is 1.85. The predicted octanol–water partition coefficient (Wildman–Crippen LogP) is 3.35. The molecule has 0 fully saturated rings. The zero-order valence-corrected chi connectivity index (χ0v) is 14.6. The van der Waals surface area contributed by atoms with Crippen LogP contribution in [-0.2, 0) is 17.8 Å². The van der Waals surface area contributed by atoms with Gasteiger partial charge >= 0.3 is 0 Å². The number of carbonyl (C=O) groups excluding carboxylic acids is 1. The number of nitrogens with one attached hydrogen (secondary N) is 1. The highest BCUT2D eigenvalue weighted by atomic mass is 35.5. The third-order valence-electron chi connectivity index (χ3n) is 4.59. The number of aromatic amines is 1. The maximum absolute atomic E-state index is 13.1. The Morgan fingerprint density at radius 1 is 1.21 bits per heavy atom. The number of hydrogen-bond acceptors (Lipinski definition) is 2. The number of nitrogens with zero attached hydrogens (tertiary/aromatic N) is 1. The van der Waals surface area contributed by atoms with Crippen LogP contribution >= 0.6 is 11.6 Å². The van der Waals surface area contributed by atoms with Gasteiger partial charge in [0.05, 0.1) is 5.92 Å². The summed E-state index contributed by atoms with van der Waals surface area (Å²) < 4.78 is 0. The first-order chi connectivity index (χ1) is 11.5.